The number of ether oxygens (including phenoxy) is 2. The van der Waals surface area contributed by atoms with Gasteiger partial charge in [0, 0.05) is 6.42 Å². The molecule has 0 aliphatic carbocycles. The van der Waals surface area contributed by atoms with Crippen LogP contribution in [0.5, 0.6) is 5.75 Å². The number of nitrogens with one attached hydrogen (secondary N) is 2. The molecule has 12 nitrogen and oxygen atoms in total. The van der Waals surface area contributed by atoms with Gasteiger partial charge in [-0.05, 0) is 24.6 Å². The standard InChI is InChI=1S/C27H29FN3O9P/c1-3-22(24-21(32)14-23(38-24)31-15-20(28)25(33)29-27(31)35)40-41(36,39-19-12-8-5-9-13-19)30-17(2)26(34)37-16-18-10-6-4-7-11-18/h3-13,15,17,21-24,32H,1,14,16H2,2H3,(H,30,36)(H,29,33,35)/t17-,21-,22+,23+,24-,41-/m0/s1. The molecule has 1 aliphatic heterocycles. The van der Waals surface area contributed by atoms with Crippen LogP contribution in [0.3, 0.4) is 0 Å². The molecule has 0 saturated carbocycles. The molecular formula is C27H29FN3O9P. The maximum atomic E-state index is 14.0. The van der Waals surface area contributed by atoms with Gasteiger partial charge in [-0.1, -0.05) is 54.6 Å². The number of esters is 1. The molecule has 2 heterocycles. The number of aliphatic hydroxyl groups is 1. The molecule has 1 aliphatic rings. The number of aromatic amines is 1. The molecule has 0 amide bonds. The van der Waals surface area contributed by atoms with Crippen LogP contribution in [-0.4, -0.2) is 45.0 Å². The van der Waals surface area contributed by atoms with E-state index in [4.69, 9.17) is 18.5 Å². The zero-order valence-electron chi connectivity index (χ0n) is 21.9. The lowest BCUT2D eigenvalue weighted by Crippen LogP contribution is -2.40. The number of nitrogens with zero attached hydrogens (tertiary/aromatic N) is 1. The average molecular weight is 590 g/mol. The number of carbonyl (C=O) groups excluding carboxylic acids is 1. The number of H-pyrrole nitrogens is 1. The van der Waals surface area contributed by atoms with Crippen LogP contribution < -0.4 is 20.9 Å². The maximum absolute atomic E-state index is 14.0. The highest BCUT2D eigenvalue weighted by molar-refractivity contribution is 7.52. The summed E-state index contributed by atoms with van der Waals surface area (Å²) in [5, 5.41) is 13.3. The van der Waals surface area contributed by atoms with E-state index >= 15 is 0 Å². The Hall–Kier alpha value is -3.87. The van der Waals surface area contributed by atoms with E-state index in [-0.39, 0.29) is 18.8 Å². The molecule has 2 aromatic carbocycles. The molecule has 0 bridgehead atoms. The van der Waals surface area contributed by atoms with Crippen LogP contribution in [0.2, 0.25) is 0 Å². The number of rotatable bonds is 12. The minimum Gasteiger partial charge on any atom is -0.460 e. The highest BCUT2D eigenvalue weighted by Gasteiger charge is 2.44. The summed E-state index contributed by atoms with van der Waals surface area (Å²) in [6, 6.07) is 15.8. The summed E-state index contributed by atoms with van der Waals surface area (Å²) in [5.41, 5.74) is -1.40. The number of hydrogen-bond acceptors (Lipinski definition) is 9. The number of hydrogen-bond donors (Lipinski definition) is 3. The predicted octanol–water partition coefficient (Wildman–Crippen LogP) is 2.80. The fourth-order valence-electron chi connectivity index (χ4n) is 4.06. The van der Waals surface area contributed by atoms with Crippen LogP contribution >= 0.6 is 7.75 Å². The van der Waals surface area contributed by atoms with Crippen molar-refractivity contribution < 1.29 is 37.4 Å². The van der Waals surface area contributed by atoms with Crippen molar-refractivity contribution in [3.8, 4) is 5.75 Å². The van der Waals surface area contributed by atoms with E-state index in [1.54, 1.807) is 42.5 Å². The summed E-state index contributed by atoms with van der Waals surface area (Å²) < 4.78 is 51.1. The SMILES string of the molecule is C=C[C@@H](O[P@](=O)(N[C@@H](C)C(=O)OCc1ccccc1)Oc1ccccc1)[C@H]1O[C@@H](n2cc(F)c(=O)[nH]c2=O)C[C@@H]1O. The molecule has 0 radical (unpaired) electrons. The third kappa shape index (κ3) is 7.66. The second-order valence-electron chi connectivity index (χ2n) is 9.15. The van der Waals surface area contributed by atoms with Gasteiger partial charge >= 0.3 is 19.4 Å². The van der Waals surface area contributed by atoms with E-state index in [0.29, 0.717) is 6.20 Å². The Morgan fingerprint density at radius 1 is 1.24 bits per heavy atom. The summed E-state index contributed by atoms with van der Waals surface area (Å²) in [6.45, 7) is 5.06. The summed E-state index contributed by atoms with van der Waals surface area (Å²) >= 11 is 0. The zero-order valence-corrected chi connectivity index (χ0v) is 22.8. The minimum absolute atomic E-state index is 0.0140. The number of aromatic nitrogens is 2. The maximum Gasteiger partial charge on any atom is 0.460 e. The largest absolute Gasteiger partial charge is 0.460 e. The van der Waals surface area contributed by atoms with E-state index in [9.17, 15) is 28.4 Å². The van der Waals surface area contributed by atoms with Crippen LogP contribution in [0, 0.1) is 5.82 Å². The van der Waals surface area contributed by atoms with Crippen LogP contribution in [-0.2, 0) is 30.0 Å². The fraction of sp³-hybridized carbons (Fsp3) is 0.296. The lowest BCUT2D eigenvalue weighted by atomic mass is 10.1. The first-order chi connectivity index (χ1) is 19.6. The van der Waals surface area contributed by atoms with Gasteiger partial charge in [0.2, 0.25) is 5.82 Å². The summed E-state index contributed by atoms with van der Waals surface area (Å²) in [4.78, 5) is 38.1. The van der Waals surface area contributed by atoms with Crippen molar-refractivity contribution in [2.24, 2.45) is 0 Å². The third-order valence-corrected chi connectivity index (χ3v) is 7.76. The second kappa shape index (κ2) is 13.2. The van der Waals surface area contributed by atoms with E-state index in [0.717, 1.165) is 10.1 Å². The topological polar surface area (TPSA) is 158 Å². The molecule has 1 saturated heterocycles. The van der Waals surface area contributed by atoms with Crippen LogP contribution in [0.1, 0.15) is 25.1 Å². The van der Waals surface area contributed by atoms with Crippen molar-refractivity contribution in [1.29, 1.82) is 0 Å². The molecule has 3 N–H and O–H groups in total. The molecule has 3 aromatic rings. The van der Waals surface area contributed by atoms with Gasteiger partial charge in [-0.15, -0.1) is 6.58 Å². The van der Waals surface area contributed by atoms with Crippen LogP contribution in [0.15, 0.2) is 89.1 Å². The smallest absolute Gasteiger partial charge is 0.460 e. The van der Waals surface area contributed by atoms with Gasteiger partial charge in [0.05, 0.1) is 12.3 Å². The zero-order chi connectivity index (χ0) is 29.6. The Balaban J connectivity index is 1.51. The Morgan fingerprint density at radius 2 is 1.90 bits per heavy atom. The number of aliphatic hydroxyl groups excluding tert-OH is 1. The number of carbonyl (C=O) groups is 1. The molecule has 0 spiro atoms. The van der Waals surface area contributed by atoms with Crippen molar-refractivity contribution in [3.05, 3.63) is 112 Å². The van der Waals surface area contributed by atoms with Gasteiger partial charge in [-0.25, -0.2) is 9.36 Å². The molecule has 6 atom stereocenters. The number of halogens is 1. The number of para-hydroxylation sites is 1. The van der Waals surface area contributed by atoms with Crippen molar-refractivity contribution >= 4 is 13.7 Å². The normalized spacial score (nSPS) is 21.4. The van der Waals surface area contributed by atoms with Crippen molar-refractivity contribution in [2.45, 2.75) is 50.5 Å². The van der Waals surface area contributed by atoms with Crippen molar-refractivity contribution in [2.75, 3.05) is 0 Å². The summed E-state index contributed by atoms with van der Waals surface area (Å²) in [5.74, 6) is -1.81. The van der Waals surface area contributed by atoms with Gasteiger partial charge in [0.15, 0.2) is 0 Å². The molecular weight excluding hydrogens is 560 g/mol. The molecule has 41 heavy (non-hydrogen) atoms. The molecule has 14 heteroatoms. The van der Waals surface area contributed by atoms with Crippen molar-refractivity contribution in [3.63, 3.8) is 0 Å². The second-order valence-corrected chi connectivity index (χ2v) is 10.8. The Bertz CT molecular complexity index is 1520. The highest BCUT2D eigenvalue weighted by atomic mass is 31.2. The molecule has 1 aromatic heterocycles. The van der Waals surface area contributed by atoms with E-state index in [1.807, 2.05) is 11.1 Å². The van der Waals surface area contributed by atoms with Gasteiger partial charge in [0.1, 0.15) is 36.8 Å². The van der Waals surface area contributed by atoms with Gasteiger partial charge in [-0.3, -0.25) is 23.7 Å². The van der Waals surface area contributed by atoms with Gasteiger partial charge < -0.3 is 19.1 Å². The highest BCUT2D eigenvalue weighted by Crippen LogP contribution is 2.48. The van der Waals surface area contributed by atoms with Crippen molar-refractivity contribution in [1.82, 2.24) is 14.6 Å². The Morgan fingerprint density at radius 3 is 2.56 bits per heavy atom. The average Bonchev–Trinajstić information content (AvgIpc) is 3.34. The molecule has 218 valence electrons. The Kier molecular flexibility index (Phi) is 9.69. The van der Waals surface area contributed by atoms with E-state index < -0.39 is 61.4 Å². The van der Waals surface area contributed by atoms with E-state index in [1.165, 1.54) is 25.1 Å². The first-order valence-corrected chi connectivity index (χ1v) is 14.1. The minimum atomic E-state index is -4.40. The first kappa shape index (κ1) is 30.1. The van der Waals surface area contributed by atoms with Crippen LogP contribution in [0.4, 0.5) is 4.39 Å². The molecule has 4 rings (SSSR count). The molecule has 0 unspecified atom stereocenters. The molecule has 1 fully saturated rings. The summed E-state index contributed by atoms with van der Waals surface area (Å²) in [7, 11) is -4.40. The third-order valence-electron chi connectivity index (χ3n) is 6.09. The fourth-order valence-corrected chi connectivity index (χ4v) is 5.72. The Labute approximate surface area is 233 Å². The predicted molar refractivity (Wildman–Crippen MR) is 144 cm³/mol. The lowest BCUT2D eigenvalue weighted by Gasteiger charge is -2.29. The summed E-state index contributed by atoms with van der Waals surface area (Å²) in [6.07, 6.45) is -3.34. The van der Waals surface area contributed by atoms with Gasteiger partial charge in [0.25, 0.3) is 5.56 Å². The lowest BCUT2D eigenvalue weighted by molar-refractivity contribution is -0.146. The number of benzene rings is 2. The van der Waals surface area contributed by atoms with Crippen LogP contribution in [0.25, 0.3) is 0 Å². The quantitative estimate of drug-likeness (QED) is 0.163. The van der Waals surface area contributed by atoms with E-state index in [2.05, 4.69) is 11.7 Å². The first-order valence-electron chi connectivity index (χ1n) is 12.6. The monoisotopic (exact) mass is 589 g/mol. The van der Waals surface area contributed by atoms with Gasteiger partial charge in [-0.2, -0.15) is 9.48 Å².